The summed E-state index contributed by atoms with van der Waals surface area (Å²) < 4.78 is 0. The van der Waals surface area contributed by atoms with Gasteiger partial charge in [0.15, 0.2) is 0 Å². The van der Waals surface area contributed by atoms with Crippen LogP contribution >= 0.6 is 11.6 Å². The molecule has 1 aliphatic rings. The minimum Gasteiger partial charge on any atom is -0.347 e. The molecule has 1 fully saturated rings. The highest BCUT2D eigenvalue weighted by atomic mass is 35.5. The van der Waals surface area contributed by atoms with E-state index in [1.54, 1.807) is 30.9 Å². The van der Waals surface area contributed by atoms with Gasteiger partial charge in [-0.25, -0.2) is 4.98 Å². The largest absolute Gasteiger partial charge is 0.347 e. The van der Waals surface area contributed by atoms with Crippen LogP contribution in [0.15, 0.2) is 61.2 Å². The SMILES string of the molecule is NCC1(c2cccc(Cl)c2)CCC(N(Cc2ncc[nH]2)C(=O)c2cccnc2)CC1. The molecule has 1 amide bonds. The van der Waals surface area contributed by atoms with E-state index in [0.717, 1.165) is 36.5 Å². The quantitative estimate of drug-likeness (QED) is 0.628. The highest BCUT2D eigenvalue weighted by Gasteiger charge is 2.39. The van der Waals surface area contributed by atoms with Crippen molar-refractivity contribution < 1.29 is 4.79 Å². The van der Waals surface area contributed by atoms with E-state index in [2.05, 4.69) is 21.0 Å². The second-order valence-electron chi connectivity index (χ2n) is 7.94. The Morgan fingerprint density at radius 3 is 2.70 bits per heavy atom. The van der Waals surface area contributed by atoms with Crippen LogP contribution in [0.5, 0.6) is 0 Å². The van der Waals surface area contributed by atoms with Crippen LogP contribution in [0, 0.1) is 0 Å². The average Bonchev–Trinajstić information content (AvgIpc) is 3.31. The molecule has 30 heavy (non-hydrogen) atoms. The molecule has 3 aromatic rings. The summed E-state index contributed by atoms with van der Waals surface area (Å²) in [6.45, 7) is 1.01. The van der Waals surface area contributed by atoms with E-state index in [1.807, 2.05) is 29.2 Å². The number of pyridine rings is 1. The van der Waals surface area contributed by atoms with Gasteiger partial charge in [0, 0.05) is 47.8 Å². The monoisotopic (exact) mass is 423 g/mol. The van der Waals surface area contributed by atoms with E-state index in [0.29, 0.717) is 18.7 Å². The summed E-state index contributed by atoms with van der Waals surface area (Å²) in [7, 11) is 0. The number of aromatic nitrogens is 3. The maximum Gasteiger partial charge on any atom is 0.256 e. The van der Waals surface area contributed by atoms with Crippen molar-refractivity contribution in [2.45, 2.75) is 43.7 Å². The van der Waals surface area contributed by atoms with Crippen molar-refractivity contribution in [2.24, 2.45) is 5.73 Å². The Labute approximate surface area is 181 Å². The molecule has 2 heterocycles. The number of rotatable bonds is 6. The molecule has 156 valence electrons. The number of amides is 1. The molecule has 0 radical (unpaired) electrons. The van der Waals surface area contributed by atoms with Crippen molar-refractivity contribution in [1.82, 2.24) is 19.9 Å². The van der Waals surface area contributed by atoms with E-state index in [1.165, 1.54) is 5.56 Å². The number of carbonyl (C=O) groups is 1. The molecule has 0 bridgehead atoms. The zero-order valence-electron chi connectivity index (χ0n) is 16.8. The van der Waals surface area contributed by atoms with E-state index in [4.69, 9.17) is 17.3 Å². The van der Waals surface area contributed by atoms with Crippen LogP contribution in [-0.2, 0) is 12.0 Å². The molecule has 0 aliphatic heterocycles. The Hall–Kier alpha value is -2.70. The maximum atomic E-state index is 13.3. The van der Waals surface area contributed by atoms with Crippen molar-refractivity contribution in [3.63, 3.8) is 0 Å². The van der Waals surface area contributed by atoms with Gasteiger partial charge in [0.05, 0.1) is 12.1 Å². The lowest BCUT2D eigenvalue weighted by molar-refractivity contribution is 0.0566. The zero-order valence-corrected chi connectivity index (χ0v) is 17.6. The number of H-pyrrole nitrogens is 1. The molecule has 4 rings (SSSR count). The highest BCUT2D eigenvalue weighted by molar-refractivity contribution is 6.30. The van der Waals surface area contributed by atoms with Gasteiger partial charge in [0.1, 0.15) is 5.82 Å². The first kappa shape index (κ1) is 20.6. The number of hydrogen-bond donors (Lipinski definition) is 2. The molecule has 7 heteroatoms. The molecular weight excluding hydrogens is 398 g/mol. The lowest BCUT2D eigenvalue weighted by Crippen LogP contribution is -2.47. The Morgan fingerprint density at radius 2 is 2.07 bits per heavy atom. The van der Waals surface area contributed by atoms with Crippen molar-refractivity contribution in [1.29, 1.82) is 0 Å². The third-order valence-electron chi connectivity index (χ3n) is 6.23. The number of benzene rings is 1. The minimum atomic E-state index is -0.102. The number of halogens is 1. The predicted octanol–water partition coefficient (Wildman–Crippen LogP) is 3.94. The minimum absolute atomic E-state index is 0.0208. The molecule has 1 saturated carbocycles. The third kappa shape index (κ3) is 4.25. The van der Waals surface area contributed by atoms with Crippen LogP contribution in [0.2, 0.25) is 5.02 Å². The van der Waals surface area contributed by atoms with Gasteiger partial charge < -0.3 is 15.6 Å². The second kappa shape index (κ2) is 8.98. The summed E-state index contributed by atoms with van der Waals surface area (Å²) in [6.07, 6.45) is 10.3. The topological polar surface area (TPSA) is 87.9 Å². The summed E-state index contributed by atoms with van der Waals surface area (Å²) in [4.78, 5) is 26.8. The van der Waals surface area contributed by atoms with Crippen LogP contribution in [0.1, 0.15) is 47.4 Å². The molecule has 1 aliphatic carbocycles. The van der Waals surface area contributed by atoms with Gasteiger partial charge >= 0.3 is 0 Å². The van der Waals surface area contributed by atoms with Gasteiger partial charge in [-0.1, -0.05) is 23.7 Å². The van der Waals surface area contributed by atoms with Crippen molar-refractivity contribution in [2.75, 3.05) is 6.54 Å². The van der Waals surface area contributed by atoms with Gasteiger partial charge in [-0.3, -0.25) is 9.78 Å². The Kier molecular flexibility index (Phi) is 6.16. The number of nitrogens with zero attached hydrogens (tertiary/aromatic N) is 3. The average molecular weight is 424 g/mol. The highest BCUT2D eigenvalue weighted by Crippen LogP contribution is 2.41. The number of aromatic amines is 1. The van der Waals surface area contributed by atoms with Crippen molar-refractivity contribution in [3.05, 3.63) is 83.2 Å². The smallest absolute Gasteiger partial charge is 0.256 e. The van der Waals surface area contributed by atoms with Crippen LogP contribution in [0.3, 0.4) is 0 Å². The van der Waals surface area contributed by atoms with Crippen LogP contribution < -0.4 is 5.73 Å². The van der Waals surface area contributed by atoms with Gasteiger partial charge in [-0.15, -0.1) is 0 Å². The van der Waals surface area contributed by atoms with Crippen molar-refractivity contribution >= 4 is 17.5 Å². The maximum absolute atomic E-state index is 13.3. The summed E-state index contributed by atoms with van der Waals surface area (Å²) in [5.74, 6) is 0.755. The standard InChI is InChI=1S/C23H26ClN5O/c24-19-5-1-4-18(13-19)23(16-25)8-6-20(7-9-23)29(15-21-27-11-12-28-21)22(30)17-3-2-10-26-14-17/h1-5,10-14,20H,6-9,15-16,25H2,(H,27,28). The van der Waals surface area contributed by atoms with E-state index in [9.17, 15) is 4.79 Å². The molecule has 2 aromatic heterocycles. The number of imidazole rings is 1. The van der Waals surface area contributed by atoms with Gasteiger partial charge in [-0.2, -0.15) is 0 Å². The fraction of sp³-hybridized carbons (Fsp3) is 0.348. The van der Waals surface area contributed by atoms with Crippen molar-refractivity contribution in [3.8, 4) is 0 Å². The summed E-state index contributed by atoms with van der Waals surface area (Å²) in [6, 6.07) is 11.7. The fourth-order valence-corrected chi connectivity index (χ4v) is 4.65. The first-order valence-electron chi connectivity index (χ1n) is 10.3. The van der Waals surface area contributed by atoms with E-state index < -0.39 is 0 Å². The van der Waals surface area contributed by atoms with Gasteiger partial charge in [0.25, 0.3) is 5.91 Å². The Balaban J connectivity index is 1.56. The first-order valence-corrected chi connectivity index (χ1v) is 10.6. The Morgan fingerprint density at radius 1 is 1.23 bits per heavy atom. The second-order valence-corrected chi connectivity index (χ2v) is 8.37. The van der Waals surface area contributed by atoms with Crippen LogP contribution in [0.25, 0.3) is 0 Å². The molecule has 0 unspecified atom stereocenters. The molecular formula is C23H26ClN5O. The molecule has 3 N–H and O–H groups in total. The number of hydrogen-bond acceptors (Lipinski definition) is 4. The molecule has 6 nitrogen and oxygen atoms in total. The van der Waals surface area contributed by atoms with Gasteiger partial charge in [0.2, 0.25) is 0 Å². The summed E-state index contributed by atoms with van der Waals surface area (Å²) in [5.41, 5.74) is 7.93. The number of nitrogens with one attached hydrogen (secondary N) is 1. The summed E-state index contributed by atoms with van der Waals surface area (Å²) >= 11 is 6.24. The molecule has 0 spiro atoms. The lowest BCUT2D eigenvalue weighted by Gasteiger charge is -2.43. The molecule has 0 atom stereocenters. The number of nitrogens with two attached hydrogens (primary N) is 1. The third-order valence-corrected chi connectivity index (χ3v) is 6.46. The summed E-state index contributed by atoms with van der Waals surface area (Å²) in [5, 5.41) is 0.730. The number of carbonyl (C=O) groups excluding carboxylic acids is 1. The van der Waals surface area contributed by atoms with E-state index in [-0.39, 0.29) is 17.4 Å². The molecule has 0 saturated heterocycles. The zero-order chi connectivity index (χ0) is 21.0. The lowest BCUT2D eigenvalue weighted by atomic mass is 9.68. The first-order chi connectivity index (χ1) is 14.6. The van der Waals surface area contributed by atoms with Crippen LogP contribution in [-0.4, -0.2) is 38.3 Å². The van der Waals surface area contributed by atoms with Crippen LogP contribution in [0.4, 0.5) is 0 Å². The van der Waals surface area contributed by atoms with E-state index >= 15 is 0 Å². The van der Waals surface area contributed by atoms with Gasteiger partial charge in [-0.05, 0) is 55.5 Å². The predicted molar refractivity (Wildman–Crippen MR) is 117 cm³/mol. The normalized spacial score (nSPS) is 21.3. The Bertz CT molecular complexity index is 968. The molecule has 1 aromatic carbocycles. The fourth-order valence-electron chi connectivity index (χ4n) is 4.46.